The Balaban J connectivity index is 1.91. The monoisotopic (exact) mass is 292 g/mol. The number of pyridine rings is 1. The molecule has 0 N–H and O–H groups in total. The van der Waals surface area contributed by atoms with Crippen molar-refractivity contribution in [2.75, 3.05) is 14.2 Å². The van der Waals surface area contributed by atoms with Gasteiger partial charge in [-0.05, 0) is 23.8 Å². The van der Waals surface area contributed by atoms with Gasteiger partial charge in [-0.3, -0.25) is 9.98 Å². The molecule has 0 amide bonds. The molecule has 0 bridgehead atoms. The molecule has 110 valence electrons. The average Bonchev–Trinajstić information content (AvgIpc) is 2.59. The lowest BCUT2D eigenvalue weighted by Gasteiger charge is -2.05. The highest BCUT2D eigenvalue weighted by Crippen LogP contribution is 2.27. The number of nitrogens with zero attached hydrogens (tertiary/aromatic N) is 2. The third kappa shape index (κ3) is 3.06. The van der Waals surface area contributed by atoms with Crippen LogP contribution in [0.5, 0.6) is 11.5 Å². The number of hydrogen-bond acceptors (Lipinski definition) is 4. The maximum absolute atomic E-state index is 5.24. The molecule has 1 heterocycles. The van der Waals surface area contributed by atoms with Gasteiger partial charge in [-0.1, -0.05) is 12.1 Å². The lowest BCUT2D eigenvalue weighted by atomic mass is 10.1. The summed E-state index contributed by atoms with van der Waals surface area (Å²) in [5, 5.41) is 1.09. The third-order valence-electron chi connectivity index (χ3n) is 3.33. The second kappa shape index (κ2) is 6.26. The van der Waals surface area contributed by atoms with Gasteiger partial charge in [-0.15, -0.1) is 0 Å². The number of aliphatic imine (C=N–C) groups is 1. The van der Waals surface area contributed by atoms with Crippen molar-refractivity contribution in [3.8, 4) is 11.5 Å². The second-order valence-corrected chi connectivity index (χ2v) is 4.78. The topological polar surface area (TPSA) is 43.7 Å². The maximum atomic E-state index is 5.24. The first kappa shape index (κ1) is 14.1. The third-order valence-corrected chi connectivity index (χ3v) is 3.33. The van der Waals surface area contributed by atoms with Crippen LogP contribution in [0.25, 0.3) is 10.9 Å². The van der Waals surface area contributed by atoms with Crippen molar-refractivity contribution in [3.05, 3.63) is 60.3 Å². The number of methoxy groups -OCH3 is 2. The Morgan fingerprint density at radius 3 is 2.45 bits per heavy atom. The molecule has 0 spiro atoms. The molecule has 0 fully saturated rings. The largest absolute Gasteiger partial charge is 0.497 e. The molecule has 0 atom stereocenters. The number of rotatable bonds is 4. The molecule has 0 aliphatic carbocycles. The van der Waals surface area contributed by atoms with E-state index in [4.69, 9.17) is 9.47 Å². The van der Waals surface area contributed by atoms with Crippen molar-refractivity contribution in [1.82, 2.24) is 4.98 Å². The van der Waals surface area contributed by atoms with Crippen LogP contribution in [0.3, 0.4) is 0 Å². The Kier molecular flexibility index (Phi) is 4.01. The van der Waals surface area contributed by atoms with Gasteiger partial charge in [0.25, 0.3) is 0 Å². The molecule has 0 radical (unpaired) electrons. The normalized spacial score (nSPS) is 11.0. The Hall–Kier alpha value is -2.88. The summed E-state index contributed by atoms with van der Waals surface area (Å²) >= 11 is 0. The van der Waals surface area contributed by atoms with Crippen LogP contribution < -0.4 is 9.47 Å². The summed E-state index contributed by atoms with van der Waals surface area (Å²) in [6.07, 6.45) is 3.61. The van der Waals surface area contributed by atoms with Crippen LogP contribution in [0, 0.1) is 0 Å². The van der Waals surface area contributed by atoms with Gasteiger partial charge in [0.05, 0.1) is 25.4 Å². The van der Waals surface area contributed by atoms with E-state index in [1.165, 1.54) is 0 Å². The quantitative estimate of drug-likeness (QED) is 0.683. The Bertz CT molecular complexity index is 806. The highest BCUT2D eigenvalue weighted by atomic mass is 16.5. The van der Waals surface area contributed by atoms with Crippen LogP contribution in [-0.2, 0) is 0 Å². The summed E-state index contributed by atoms with van der Waals surface area (Å²) in [6, 6.07) is 15.6. The lowest BCUT2D eigenvalue weighted by Crippen LogP contribution is -1.87. The Morgan fingerprint density at radius 1 is 0.955 bits per heavy atom. The first-order valence-electron chi connectivity index (χ1n) is 6.90. The van der Waals surface area contributed by atoms with E-state index in [1.807, 2.05) is 48.7 Å². The zero-order valence-electron chi connectivity index (χ0n) is 12.5. The first-order valence-corrected chi connectivity index (χ1v) is 6.90. The molecule has 0 saturated carbocycles. The standard InChI is InChI=1S/C18H16N2O2/c1-21-16-9-15(10-17(11-16)22-2)20-12-13-5-6-18-14(8-13)4-3-7-19-18/h3-12H,1-2H3. The molecule has 4 heteroatoms. The molecule has 22 heavy (non-hydrogen) atoms. The predicted molar refractivity (Wildman–Crippen MR) is 88.5 cm³/mol. The van der Waals surface area contributed by atoms with Crippen molar-refractivity contribution in [1.29, 1.82) is 0 Å². The van der Waals surface area contributed by atoms with Crippen LogP contribution >= 0.6 is 0 Å². The molecular formula is C18H16N2O2. The summed E-state index contributed by atoms with van der Waals surface area (Å²) in [6.45, 7) is 0. The van der Waals surface area contributed by atoms with Crippen molar-refractivity contribution in [3.63, 3.8) is 0 Å². The molecule has 4 nitrogen and oxygen atoms in total. The minimum absolute atomic E-state index is 0.717. The van der Waals surface area contributed by atoms with Crippen LogP contribution in [0.1, 0.15) is 5.56 Å². The van der Waals surface area contributed by atoms with E-state index in [0.717, 1.165) is 22.2 Å². The van der Waals surface area contributed by atoms with Gasteiger partial charge in [0.2, 0.25) is 0 Å². The molecular weight excluding hydrogens is 276 g/mol. The molecule has 0 unspecified atom stereocenters. The van der Waals surface area contributed by atoms with Crippen LogP contribution in [0.2, 0.25) is 0 Å². The maximum Gasteiger partial charge on any atom is 0.124 e. The van der Waals surface area contributed by atoms with Crippen molar-refractivity contribution in [2.45, 2.75) is 0 Å². The van der Waals surface area contributed by atoms with Crippen molar-refractivity contribution >= 4 is 22.8 Å². The summed E-state index contributed by atoms with van der Waals surface area (Å²) in [4.78, 5) is 8.80. The zero-order chi connectivity index (χ0) is 15.4. The molecule has 0 aliphatic heterocycles. The minimum Gasteiger partial charge on any atom is -0.497 e. The predicted octanol–water partition coefficient (Wildman–Crippen LogP) is 4.00. The number of ether oxygens (including phenoxy) is 2. The van der Waals surface area contributed by atoms with E-state index in [0.29, 0.717) is 11.5 Å². The van der Waals surface area contributed by atoms with Crippen molar-refractivity contribution < 1.29 is 9.47 Å². The summed E-state index contributed by atoms with van der Waals surface area (Å²) in [5.74, 6) is 1.43. The van der Waals surface area contributed by atoms with E-state index < -0.39 is 0 Å². The van der Waals surface area contributed by atoms with Gasteiger partial charge in [0, 0.05) is 36.0 Å². The van der Waals surface area contributed by atoms with Gasteiger partial charge in [0.15, 0.2) is 0 Å². The fourth-order valence-corrected chi connectivity index (χ4v) is 2.19. The smallest absolute Gasteiger partial charge is 0.124 e. The van der Waals surface area contributed by atoms with Gasteiger partial charge in [-0.25, -0.2) is 0 Å². The van der Waals surface area contributed by atoms with Gasteiger partial charge >= 0.3 is 0 Å². The van der Waals surface area contributed by atoms with E-state index >= 15 is 0 Å². The SMILES string of the molecule is COc1cc(N=Cc2ccc3ncccc3c2)cc(OC)c1. The number of fused-ring (bicyclic) bond motifs is 1. The number of hydrogen-bond donors (Lipinski definition) is 0. The van der Waals surface area contributed by atoms with E-state index in [-0.39, 0.29) is 0 Å². The lowest BCUT2D eigenvalue weighted by molar-refractivity contribution is 0.394. The van der Waals surface area contributed by atoms with Crippen LogP contribution in [-0.4, -0.2) is 25.4 Å². The van der Waals surface area contributed by atoms with Crippen LogP contribution in [0.15, 0.2) is 59.7 Å². The van der Waals surface area contributed by atoms with Gasteiger partial charge < -0.3 is 9.47 Å². The Labute approximate surface area is 129 Å². The molecule has 2 aromatic carbocycles. The first-order chi connectivity index (χ1) is 10.8. The summed E-state index contributed by atoms with van der Waals surface area (Å²) in [5.41, 5.74) is 2.77. The summed E-state index contributed by atoms with van der Waals surface area (Å²) in [7, 11) is 3.25. The van der Waals surface area contributed by atoms with E-state index in [1.54, 1.807) is 20.4 Å². The Morgan fingerprint density at radius 2 is 1.73 bits per heavy atom. The molecule has 1 aromatic heterocycles. The molecule has 0 saturated heterocycles. The molecule has 0 aliphatic rings. The van der Waals surface area contributed by atoms with Gasteiger partial charge in [-0.2, -0.15) is 0 Å². The number of aromatic nitrogens is 1. The van der Waals surface area contributed by atoms with E-state index in [2.05, 4.69) is 16.0 Å². The molecule has 3 aromatic rings. The minimum atomic E-state index is 0.717. The second-order valence-electron chi connectivity index (χ2n) is 4.78. The average molecular weight is 292 g/mol. The fraction of sp³-hybridized carbons (Fsp3) is 0.111. The molecule has 3 rings (SSSR count). The highest BCUT2D eigenvalue weighted by Gasteiger charge is 2.00. The fourth-order valence-electron chi connectivity index (χ4n) is 2.19. The zero-order valence-corrected chi connectivity index (χ0v) is 12.5. The summed E-state index contributed by atoms with van der Waals surface area (Å²) < 4.78 is 10.5. The van der Waals surface area contributed by atoms with Gasteiger partial charge in [0.1, 0.15) is 11.5 Å². The number of benzene rings is 2. The van der Waals surface area contributed by atoms with Crippen LogP contribution in [0.4, 0.5) is 5.69 Å². The highest BCUT2D eigenvalue weighted by molar-refractivity contribution is 5.89. The van der Waals surface area contributed by atoms with E-state index in [9.17, 15) is 0 Å². The van der Waals surface area contributed by atoms with Crippen molar-refractivity contribution in [2.24, 2.45) is 4.99 Å².